The SMILES string of the molecule is C.C.C.C.C.C.C=C(C(C)=O)C(C)C.C=C(C(C)=O)C(C)CCCC(C)CCCC(C)CCCC(C)C.C=C(C)C(=O)OC.C=C(C)C(=O)OC(C)C.C=C(C)C(C)=O.C=C(CCC=CCC)C(C)=O.C=C(CN(CCC)CCC)C(C)=O. The summed E-state index contributed by atoms with van der Waals surface area (Å²) >= 11 is 0. The minimum absolute atomic E-state index is 0. The molecule has 83 heavy (non-hydrogen) atoms. The van der Waals surface area contributed by atoms with Crippen LogP contribution in [0.25, 0.3) is 0 Å². The van der Waals surface area contributed by atoms with Gasteiger partial charge in [0.2, 0.25) is 0 Å². The molecule has 10 nitrogen and oxygen atoms in total. The van der Waals surface area contributed by atoms with E-state index < -0.39 is 0 Å². The van der Waals surface area contributed by atoms with E-state index in [4.69, 9.17) is 4.74 Å². The molecule has 0 saturated carbocycles. The molecule has 0 bridgehead atoms. The lowest BCUT2D eigenvalue weighted by atomic mass is 9.89. The number of Topliss-reactive ketones (excluding diaryl/α,β-unsaturated/α-hetero) is 5. The first-order valence-electron chi connectivity index (χ1n) is 28.4. The molecule has 0 heterocycles. The average molecular weight is 1180 g/mol. The highest BCUT2D eigenvalue weighted by atomic mass is 16.5. The third kappa shape index (κ3) is 86.1. The van der Waals surface area contributed by atoms with Crippen molar-refractivity contribution in [1.29, 1.82) is 0 Å². The molecule has 0 fully saturated rings. The van der Waals surface area contributed by atoms with E-state index in [1.54, 1.807) is 62.3 Å². The molecule has 494 valence electrons. The van der Waals surface area contributed by atoms with Gasteiger partial charge in [-0.25, -0.2) is 9.59 Å². The topological polar surface area (TPSA) is 141 Å². The quantitative estimate of drug-likeness (QED) is 0.0363. The molecule has 0 amide bonds. The molecule has 0 rings (SSSR count). The van der Waals surface area contributed by atoms with Crippen LogP contribution in [0.2, 0.25) is 0 Å². The molecule has 0 aromatic rings. The van der Waals surface area contributed by atoms with E-state index in [1.165, 1.54) is 65.4 Å². The van der Waals surface area contributed by atoms with Crippen molar-refractivity contribution in [2.75, 3.05) is 26.7 Å². The van der Waals surface area contributed by atoms with Gasteiger partial charge < -0.3 is 9.47 Å². The molecule has 0 saturated heterocycles. The van der Waals surface area contributed by atoms with Gasteiger partial charge in [0.15, 0.2) is 28.9 Å². The van der Waals surface area contributed by atoms with Gasteiger partial charge in [-0.2, -0.15) is 0 Å². The maximum Gasteiger partial charge on any atom is 0.333 e. The Balaban J connectivity index is -0.0000000651. The summed E-state index contributed by atoms with van der Waals surface area (Å²) in [5.41, 5.74) is 4.46. The first kappa shape index (κ1) is 110. The summed E-state index contributed by atoms with van der Waals surface area (Å²) in [6, 6.07) is 0. The summed E-state index contributed by atoms with van der Waals surface area (Å²) in [6.07, 6.45) is 21.1. The number of hydrogen-bond donors (Lipinski definition) is 0. The zero-order chi connectivity index (χ0) is 62.0. The second-order valence-corrected chi connectivity index (χ2v) is 21.5. The Hall–Kier alpha value is -4.83. The predicted octanol–water partition coefficient (Wildman–Crippen LogP) is 21.3. The fourth-order valence-corrected chi connectivity index (χ4v) is 6.17. The van der Waals surface area contributed by atoms with Crippen molar-refractivity contribution in [2.45, 2.75) is 279 Å². The maximum atomic E-state index is 11.3. The van der Waals surface area contributed by atoms with Crippen molar-refractivity contribution in [3.63, 3.8) is 0 Å². The van der Waals surface area contributed by atoms with Gasteiger partial charge in [0.05, 0.1) is 13.2 Å². The summed E-state index contributed by atoms with van der Waals surface area (Å²) in [6.45, 7) is 66.2. The Bertz CT molecular complexity index is 1770. The smallest absolute Gasteiger partial charge is 0.333 e. The number of esters is 2. The van der Waals surface area contributed by atoms with Crippen molar-refractivity contribution in [3.8, 4) is 0 Å². The van der Waals surface area contributed by atoms with Crippen LogP contribution in [-0.2, 0) is 43.0 Å². The van der Waals surface area contributed by atoms with E-state index in [-0.39, 0.29) is 91.5 Å². The highest BCUT2D eigenvalue weighted by Crippen LogP contribution is 2.24. The molecule has 0 spiro atoms. The lowest BCUT2D eigenvalue weighted by Crippen LogP contribution is -2.28. The Morgan fingerprint density at radius 1 is 0.458 bits per heavy atom. The van der Waals surface area contributed by atoms with Crippen molar-refractivity contribution in [1.82, 2.24) is 4.90 Å². The number of carbonyl (C=O) groups excluding carboxylic acids is 7. The van der Waals surface area contributed by atoms with Gasteiger partial charge in [0.1, 0.15) is 0 Å². The summed E-state index contributed by atoms with van der Waals surface area (Å²) < 4.78 is 9.05. The van der Waals surface area contributed by atoms with Gasteiger partial charge in [-0.15, -0.1) is 0 Å². The van der Waals surface area contributed by atoms with E-state index in [0.717, 1.165) is 92.6 Å². The van der Waals surface area contributed by atoms with Crippen LogP contribution in [0.3, 0.4) is 0 Å². The summed E-state index contributed by atoms with van der Waals surface area (Å²) in [5, 5.41) is 0. The van der Waals surface area contributed by atoms with Gasteiger partial charge in [0.25, 0.3) is 0 Å². The minimum Gasteiger partial charge on any atom is -0.466 e. The fourth-order valence-electron chi connectivity index (χ4n) is 6.17. The Morgan fingerprint density at radius 3 is 1.05 bits per heavy atom. The first-order chi connectivity index (χ1) is 35.4. The number of ketones is 5. The van der Waals surface area contributed by atoms with Crippen molar-refractivity contribution in [2.24, 2.45) is 29.6 Å². The molecule has 3 atom stereocenters. The molecular weight excluding hydrogens is 1030 g/mol. The Morgan fingerprint density at radius 2 is 0.819 bits per heavy atom. The lowest BCUT2D eigenvalue weighted by molar-refractivity contribution is -0.142. The molecule has 0 aromatic carbocycles. The zero-order valence-corrected chi connectivity index (χ0v) is 53.7. The van der Waals surface area contributed by atoms with Crippen LogP contribution in [0.1, 0.15) is 273 Å². The summed E-state index contributed by atoms with van der Waals surface area (Å²) in [7, 11) is 1.33. The van der Waals surface area contributed by atoms with Crippen LogP contribution >= 0.6 is 0 Å². The van der Waals surface area contributed by atoms with E-state index in [1.807, 2.05) is 13.8 Å². The van der Waals surface area contributed by atoms with Gasteiger partial charge in [-0.05, 0) is 173 Å². The molecule has 3 unspecified atom stereocenters. The number of allylic oxidation sites excluding steroid dienone is 6. The minimum atomic E-state index is -0.347. The summed E-state index contributed by atoms with van der Waals surface area (Å²) in [5.74, 6) is 3.07. The largest absolute Gasteiger partial charge is 0.466 e. The van der Waals surface area contributed by atoms with Gasteiger partial charge in [0, 0.05) is 23.3 Å². The second kappa shape index (κ2) is 71.4. The molecule has 0 aromatic heterocycles. The van der Waals surface area contributed by atoms with Crippen LogP contribution < -0.4 is 0 Å². The summed E-state index contributed by atoms with van der Waals surface area (Å²) in [4.78, 5) is 76.6. The number of ether oxygens (including phenoxy) is 2. The molecule has 0 aliphatic heterocycles. The highest BCUT2D eigenvalue weighted by Gasteiger charge is 2.13. The fraction of sp³-hybridized carbons (Fsp3) is 0.685. The van der Waals surface area contributed by atoms with Crippen molar-refractivity contribution < 1.29 is 43.0 Å². The third-order valence-electron chi connectivity index (χ3n) is 11.7. The van der Waals surface area contributed by atoms with Crippen LogP contribution in [0.5, 0.6) is 0 Å². The van der Waals surface area contributed by atoms with Crippen LogP contribution in [0, 0.1) is 29.6 Å². The monoisotopic (exact) mass is 1180 g/mol. The number of nitrogens with zero attached hydrogens (tertiary/aromatic N) is 1. The molecular formula is C73H143NO9. The van der Waals surface area contributed by atoms with Crippen LogP contribution in [-0.4, -0.2) is 78.6 Å². The van der Waals surface area contributed by atoms with E-state index in [0.29, 0.717) is 34.1 Å². The number of carbonyl (C=O) groups is 7. The van der Waals surface area contributed by atoms with Crippen molar-refractivity contribution >= 4 is 40.9 Å². The maximum absolute atomic E-state index is 11.3. The average Bonchev–Trinajstić information content (AvgIpc) is 3.32. The lowest BCUT2D eigenvalue weighted by Gasteiger charge is -2.20. The Kier molecular flexibility index (Phi) is 94.3. The number of rotatable bonds is 32. The Labute approximate surface area is 519 Å². The molecule has 0 aliphatic rings. The predicted molar refractivity (Wildman–Crippen MR) is 372 cm³/mol. The van der Waals surface area contributed by atoms with E-state index >= 15 is 0 Å². The van der Waals surface area contributed by atoms with Crippen molar-refractivity contribution in [3.05, 3.63) is 97.2 Å². The van der Waals surface area contributed by atoms with Gasteiger partial charge in [-0.3, -0.25) is 28.9 Å². The van der Waals surface area contributed by atoms with Gasteiger partial charge in [-0.1, -0.05) is 223 Å². The zero-order valence-electron chi connectivity index (χ0n) is 53.7. The van der Waals surface area contributed by atoms with E-state index in [2.05, 4.69) is 123 Å². The normalized spacial score (nSPS) is 10.4. The molecule has 0 radical (unpaired) electrons. The number of methoxy groups -OCH3 is 1. The second-order valence-electron chi connectivity index (χ2n) is 21.5. The van der Waals surface area contributed by atoms with Crippen LogP contribution in [0.15, 0.2) is 97.2 Å². The molecule has 10 heteroatoms. The molecule has 0 aliphatic carbocycles. The van der Waals surface area contributed by atoms with Crippen LogP contribution in [0.4, 0.5) is 0 Å². The third-order valence-corrected chi connectivity index (χ3v) is 11.7. The first-order valence-corrected chi connectivity index (χ1v) is 28.4. The highest BCUT2D eigenvalue weighted by molar-refractivity contribution is 5.94. The number of hydrogen-bond acceptors (Lipinski definition) is 10. The standard InChI is InChI=1S/C22H42O.C11H21NO.C10H16O.C7H12O2.C7H12O.C5H8O2.C5H8O.6CH4/c1-17(2)11-8-12-18(3)13-9-14-19(4)15-10-16-20(5)21(6)22(7)23;1-5-7-12(8-6-2)9-10(3)11(4)13;1-4-5-6-7-8-9(2)10(3)11;1-5(2)7(8)9-6(3)4;1-5(2)6(3)7(4)8;1-4(2)5(6)7-3;1-4(2)5(3)6;;;;;;/h17-20H,6,8-16H2,1-5,7H3;3,5-9H2,1-2,4H3;5-6H,2,4,7-8H2,1,3H3;6H,1H2,2-4H3;5H,3H2,1-2,4H3;1H2,2-3H3;1H2,2-3H3;6*1H4. The molecule has 0 N–H and O–H groups in total. The van der Waals surface area contributed by atoms with Gasteiger partial charge >= 0.3 is 11.9 Å². The van der Waals surface area contributed by atoms with E-state index in [9.17, 15) is 33.6 Å².